The van der Waals surface area contributed by atoms with Crippen molar-refractivity contribution in [2.45, 2.75) is 32.6 Å². The number of hydrogen-bond donors (Lipinski definition) is 1. The van der Waals surface area contributed by atoms with Crippen LogP contribution in [0.5, 0.6) is 0 Å². The minimum Gasteiger partial charge on any atom is -0.316 e. The second-order valence-electron chi connectivity index (χ2n) is 5.50. The van der Waals surface area contributed by atoms with Crippen molar-refractivity contribution < 1.29 is 0 Å². The number of hydrogen-bond acceptors (Lipinski definition) is 2. The molecule has 1 atom stereocenters. The highest BCUT2D eigenvalue weighted by Gasteiger charge is 2.19. The summed E-state index contributed by atoms with van der Waals surface area (Å²) < 4.78 is 2.24. The summed E-state index contributed by atoms with van der Waals surface area (Å²) in [6, 6.07) is 6.62. The first-order chi connectivity index (χ1) is 9.25. The predicted molar refractivity (Wildman–Crippen MR) is 77.9 cm³/mol. The molecular formula is C16H21N3. The Labute approximate surface area is 114 Å². The molecule has 100 valence electrons. The average molecular weight is 255 g/mol. The van der Waals surface area contributed by atoms with Crippen molar-refractivity contribution in [3.8, 4) is 5.69 Å². The molecule has 1 aromatic heterocycles. The van der Waals surface area contributed by atoms with Gasteiger partial charge >= 0.3 is 0 Å². The lowest BCUT2D eigenvalue weighted by Crippen LogP contribution is -2.29. The number of benzene rings is 1. The van der Waals surface area contributed by atoms with E-state index in [9.17, 15) is 0 Å². The largest absolute Gasteiger partial charge is 0.316 e. The van der Waals surface area contributed by atoms with Gasteiger partial charge in [-0.25, -0.2) is 4.98 Å². The summed E-state index contributed by atoms with van der Waals surface area (Å²) in [5.41, 5.74) is 5.22. The van der Waals surface area contributed by atoms with E-state index in [0.717, 1.165) is 13.1 Å². The van der Waals surface area contributed by atoms with Crippen LogP contribution in [0.3, 0.4) is 0 Å². The van der Waals surface area contributed by atoms with Crippen LogP contribution in [0, 0.1) is 13.8 Å². The van der Waals surface area contributed by atoms with Crippen molar-refractivity contribution >= 4 is 0 Å². The van der Waals surface area contributed by atoms with Gasteiger partial charge < -0.3 is 9.88 Å². The van der Waals surface area contributed by atoms with Crippen LogP contribution in [0.15, 0.2) is 30.7 Å². The maximum atomic E-state index is 4.36. The Morgan fingerprint density at radius 3 is 2.89 bits per heavy atom. The van der Waals surface area contributed by atoms with Crippen LogP contribution in [0.2, 0.25) is 0 Å². The van der Waals surface area contributed by atoms with E-state index in [0.29, 0.717) is 5.92 Å². The van der Waals surface area contributed by atoms with Crippen molar-refractivity contribution in [1.29, 1.82) is 0 Å². The van der Waals surface area contributed by atoms with Gasteiger partial charge in [-0.2, -0.15) is 0 Å². The van der Waals surface area contributed by atoms with Gasteiger partial charge in [0.25, 0.3) is 0 Å². The van der Waals surface area contributed by atoms with E-state index >= 15 is 0 Å². The number of aryl methyl sites for hydroxylation is 2. The topological polar surface area (TPSA) is 29.9 Å². The number of imidazole rings is 1. The zero-order chi connectivity index (χ0) is 13.2. The van der Waals surface area contributed by atoms with Gasteiger partial charge in [0.05, 0.1) is 6.33 Å². The lowest BCUT2D eigenvalue weighted by atomic mass is 9.96. The van der Waals surface area contributed by atoms with E-state index in [1.54, 1.807) is 0 Å². The summed E-state index contributed by atoms with van der Waals surface area (Å²) in [4.78, 5) is 4.36. The normalized spacial score (nSPS) is 19.6. The van der Waals surface area contributed by atoms with Gasteiger partial charge in [-0.1, -0.05) is 6.07 Å². The molecule has 0 radical (unpaired) electrons. The lowest BCUT2D eigenvalue weighted by molar-refractivity contribution is 0.451. The van der Waals surface area contributed by atoms with Gasteiger partial charge in [-0.15, -0.1) is 0 Å². The number of aromatic nitrogens is 2. The molecule has 0 spiro atoms. The van der Waals surface area contributed by atoms with Crippen molar-refractivity contribution in [3.63, 3.8) is 0 Å². The third-order valence-corrected chi connectivity index (χ3v) is 4.15. The Balaban J connectivity index is 1.96. The van der Waals surface area contributed by atoms with Crippen LogP contribution in [-0.2, 0) is 0 Å². The number of nitrogens with one attached hydrogen (secondary N) is 1. The molecule has 2 aromatic rings. The molecule has 1 aromatic carbocycles. The Kier molecular flexibility index (Phi) is 3.38. The molecule has 1 N–H and O–H groups in total. The molecule has 1 fully saturated rings. The molecule has 1 saturated heterocycles. The fourth-order valence-electron chi connectivity index (χ4n) is 2.80. The molecule has 3 rings (SSSR count). The molecule has 3 nitrogen and oxygen atoms in total. The van der Waals surface area contributed by atoms with Crippen LogP contribution in [0.4, 0.5) is 0 Å². The molecule has 19 heavy (non-hydrogen) atoms. The zero-order valence-corrected chi connectivity index (χ0v) is 11.7. The van der Waals surface area contributed by atoms with Crippen LogP contribution in [0.25, 0.3) is 5.69 Å². The highest BCUT2D eigenvalue weighted by molar-refractivity contribution is 5.41. The molecule has 2 heterocycles. The van der Waals surface area contributed by atoms with Gasteiger partial charge in [-0.05, 0) is 56.5 Å². The van der Waals surface area contributed by atoms with E-state index < -0.39 is 0 Å². The van der Waals surface area contributed by atoms with E-state index in [4.69, 9.17) is 0 Å². The molecule has 1 aliphatic heterocycles. The first-order valence-electron chi connectivity index (χ1n) is 7.06. The van der Waals surface area contributed by atoms with Crippen LogP contribution in [-0.4, -0.2) is 22.6 Å². The van der Waals surface area contributed by atoms with Crippen molar-refractivity contribution in [2.75, 3.05) is 13.1 Å². The predicted octanol–water partition coefficient (Wildman–Crippen LogP) is 2.96. The van der Waals surface area contributed by atoms with Crippen molar-refractivity contribution in [3.05, 3.63) is 47.5 Å². The van der Waals surface area contributed by atoms with Crippen LogP contribution in [0.1, 0.15) is 35.6 Å². The second-order valence-corrected chi connectivity index (χ2v) is 5.50. The second kappa shape index (κ2) is 5.17. The van der Waals surface area contributed by atoms with Crippen molar-refractivity contribution in [2.24, 2.45) is 0 Å². The van der Waals surface area contributed by atoms with Crippen molar-refractivity contribution in [1.82, 2.24) is 14.9 Å². The van der Waals surface area contributed by atoms with E-state index in [-0.39, 0.29) is 0 Å². The molecule has 3 heteroatoms. The maximum absolute atomic E-state index is 4.36. The molecule has 0 amide bonds. The summed E-state index contributed by atoms with van der Waals surface area (Å²) in [7, 11) is 0. The smallest absolute Gasteiger partial charge is 0.0994 e. The van der Waals surface area contributed by atoms with E-state index in [1.165, 1.54) is 35.3 Å². The molecule has 0 aliphatic carbocycles. The lowest BCUT2D eigenvalue weighted by Gasteiger charge is -2.24. The zero-order valence-electron chi connectivity index (χ0n) is 11.7. The van der Waals surface area contributed by atoms with Gasteiger partial charge in [0.15, 0.2) is 0 Å². The minimum absolute atomic E-state index is 0.581. The summed E-state index contributed by atoms with van der Waals surface area (Å²) in [6.45, 7) is 6.53. The quantitative estimate of drug-likeness (QED) is 0.894. The van der Waals surface area contributed by atoms with Gasteiger partial charge in [0.1, 0.15) is 0 Å². The van der Waals surface area contributed by atoms with E-state index in [2.05, 4.69) is 46.9 Å². The first-order valence-corrected chi connectivity index (χ1v) is 7.06. The number of nitrogens with zero attached hydrogens (tertiary/aromatic N) is 2. The Bertz CT molecular complexity index is 565. The summed E-state index contributed by atoms with van der Waals surface area (Å²) in [6.07, 6.45) is 6.47. The summed E-state index contributed by atoms with van der Waals surface area (Å²) in [5.74, 6) is 0.581. The fourth-order valence-corrected chi connectivity index (χ4v) is 2.80. The average Bonchev–Trinajstić information content (AvgIpc) is 2.92. The monoisotopic (exact) mass is 255 g/mol. The van der Waals surface area contributed by atoms with Gasteiger partial charge in [0.2, 0.25) is 0 Å². The minimum atomic E-state index is 0.581. The summed E-state index contributed by atoms with van der Waals surface area (Å²) in [5, 5.41) is 3.48. The van der Waals surface area contributed by atoms with E-state index in [1.807, 2.05) is 12.5 Å². The SMILES string of the molecule is Cc1ccc(-n2cncc2C2CCCNC2)cc1C. The summed E-state index contributed by atoms with van der Waals surface area (Å²) >= 11 is 0. The van der Waals surface area contributed by atoms with Crippen LogP contribution < -0.4 is 5.32 Å². The Hall–Kier alpha value is -1.61. The molecule has 1 aliphatic rings. The maximum Gasteiger partial charge on any atom is 0.0994 e. The van der Waals surface area contributed by atoms with Gasteiger partial charge in [0, 0.05) is 30.0 Å². The number of piperidine rings is 1. The Morgan fingerprint density at radius 2 is 2.16 bits per heavy atom. The third kappa shape index (κ3) is 2.43. The fraction of sp³-hybridized carbons (Fsp3) is 0.438. The molecule has 0 bridgehead atoms. The highest BCUT2D eigenvalue weighted by Crippen LogP contribution is 2.26. The third-order valence-electron chi connectivity index (χ3n) is 4.15. The standard InChI is InChI=1S/C16H21N3/c1-12-5-6-15(8-13(12)2)19-11-18-10-16(19)14-4-3-7-17-9-14/h5-6,8,10-11,14,17H,3-4,7,9H2,1-2H3. The molecular weight excluding hydrogens is 234 g/mol. The molecule has 1 unspecified atom stereocenters. The Morgan fingerprint density at radius 1 is 1.26 bits per heavy atom. The van der Waals surface area contributed by atoms with Crippen LogP contribution >= 0.6 is 0 Å². The molecule has 0 saturated carbocycles. The van der Waals surface area contributed by atoms with Gasteiger partial charge in [-0.3, -0.25) is 0 Å². The first kappa shape index (κ1) is 12.4. The highest BCUT2D eigenvalue weighted by atomic mass is 15.1. The number of rotatable bonds is 2.